The highest BCUT2D eigenvalue weighted by Crippen LogP contribution is 2.30. The first-order chi connectivity index (χ1) is 14.7. The standard InChI is InChI=1S/C22H26F2N6/c23-17-11-16(12-18(24)13-17)21-27-19-1-4-26-22(20(19)28-21)30-7-2-15(3-8-30)14-29-9-5-25-6-10-29/h1,4,11-13,15,25H,2-3,5-10,14H2,(H,27,28). The summed E-state index contributed by atoms with van der Waals surface area (Å²) in [4.78, 5) is 17.3. The maximum Gasteiger partial charge on any atom is 0.156 e. The molecule has 2 saturated heterocycles. The van der Waals surface area contributed by atoms with E-state index in [1.165, 1.54) is 18.7 Å². The van der Waals surface area contributed by atoms with Crippen molar-refractivity contribution in [2.75, 3.05) is 50.7 Å². The molecule has 0 bridgehead atoms. The molecule has 2 fully saturated rings. The summed E-state index contributed by atoms with van der Waals surface area (Å²) in [7, 11) is 0. The first-order valence-electron chi connectivity index (χ1n) is 10.6. The van der Waals surface area contributed by atoms with E-state index < -0.39 is 11.6 Å². The van der Waals surface area contributed by atoms with Gasteiger partial charge in [0.25, 0.3) is 0 Å². The number of pyridine rings is 1. The van der Waals surface area contributed by atoms with Crippen LogP contribution in [0.1, 0.15) is 12.8 Å². The van der Waals surface area contributed by atoms with Crippen LogP contribution in [-0.2, 0) is 0 Å². The summed E-state index contributed by atoms with van der Waals surface area (Å²) in [5, 5.41) is 3.41. The molecule has 158 valence electrons. The zero-order valence-electron chi connectivity index (χ0n) is 16.9. The molecule has 8 heteroatoms. The van der Waals surface area contributed by atoms with Crippen molar-refractivity contribution in [2.24, 2.45) is 5.92 Å². The third-order valence-electron chi connectivity index (χ3n) is 6.16. The van der Waals surface area contributed by atoms with Gasteiger partial charge in [0.05, 0.1) is 5.52 Å². The number of piperidine rings is 1. The van der Waals surface area contributed by atoms with Crippen molar-refractivity contribution in [3.8, 4) is 11.4 Å². The van der Waals surface area contributed by atoms with Gasteiger partial charge < -0.3 is 20.1 Å². The predicted molar refractivity (Wildman–Crippen MR) is 113 cm³/mol. The number of benzene rings is 1. The van der Waals surface area contributed by atoms with E-state index in [2.05, 4.69) is 30.1 Å². The van der Waals surface area contributed by atoms with E-state index in [1.54, 1.807) is 6.20 Å². The van der Waals surface area contributed by atoms with Gasteiger partial charge >= 0.3 is 0 Å². The summed E-state index contributed by atoms with van der Waals surface area (Å²) in [6.07, 6.45) is 4.03. The van der Waals surface area contributed by atoms with E-state index in [1.807, 2.05) is 6.07 Å². The molecule has 1 aromatic carbocycles. The number of H-pyrrole nitrogens is 1. The lowest BCUT2D eigenvalue weighted by Gasteiger charge is -2.36. The molecule has 0 radical (unpaired) electrons. The van der Waals surface area contributed by atoms with Crippen LogP contribution in [0.2, 0.25) is 0 Å². The number of anilines is 1. The van der Waals surface area contributed by atoms with Crippen LogP contribution in [0, 0.1) is 17.6 Å². The molecule has 2 aliphatic rings. The molecule has 2 N–H and O–H groups in total. The summed E-state index contributed by atoms with van der Waals surface area (Å²) < 4.78 is 27.3. The highest BCUT2D eigenvalue weighted by atomic mass is 19.1. The van der Waals surface area contributed by atoms with Crippen LogP contribution in [0.3, 0.4) is 0 Å². The van der Waals surface area contributed by atoms with Crippen molar-refractivity contribution in [3.63, 3.8) is 0 Å². The van der Waals surface area contributed by atoms with Crippen LogP contribution in [-0.4, -0.2) is 65.7 Å². The molecule has 2 aromatic heterocycles. The minimum atomic E-state index is -0.615. The van der Waals surface area contributed by atoms with Crippen LogP contribution in [0.15, 0.2) is 30.5 Å². The lowest BCUT2D eigenvalue weighted by Crippen LogP contribution is -2.47. The molecule has 0 unspecified atom stereocenters. The van der Waals surface area contributed by atoms with E-state index in [9.17, 15) is 8.78 Å². The van der Waals surface area contributed by atoms with Crippen LogP contribution >= 0.6 is 0 Å². The Hall–Kier alpha value is -2.58. The Labute approximate surface area is 174 Å². The van der Waals surface area contributed by atoms with Gasteiger partial charge in [0.15, 0.2) is 5.82 Å². The van der Waals surface area contributed by atoms with E-state index in [4.69, 9.17) is 0 Å². The Morgan fingerprint density at radius 3 is 2.47 bits per heavy atom. The highest BCUT2D eigenvalue weighted by molar-refractivity contribution is 5.88. The Kier molecular flexibility index (Phi) is 5.35. The molecule has 0 atom stereocenters. The van der Waals surface area contributed by atoms with Crippen LogP contribution in [0.25, 0.3) is 22.4 Å². The molecule has 6 nitrogen and oxygen atoms in total. The second kappa shape index (κ2) is 8.28. The molecule has 0 aliphatic carbocycles. The third-order valence-corrected chi connectivity index (χ3v) is 6.16. The number of hydrogen-bond acceptors (Lipinski definition) is 5. The number of nitrogens with one attached hydrogen (secondary N) is 2. The van der Waals surface area contributed by atoms with Gasteiger partial charge in [0, 0.05) is 63.6 Å². The molecule has 0 spiro atoms. The van der Waals surface area contributed by atoms with Crippen molar-refractivity contribution in [2.45, 2.75) is 12.8 Å². The number of imidazole rings is 1. The molecule has 0 saturated carbocycles. The van der Waals surface area contributed by atoms with Crippen LogP contribution < -0.4 is 10.2 Å². The molecular weight excluding hydrogens is 386 g/mol. The average Bonchev–Trinajstić information content (AvgIpc) is 3.19. The second-order valence-corrected chi connectivity index (χ2v) is 8.26. The molecule has 30 heavy (non-hydrogen) atoms. The first kappa shape index (κ1) is 19.4. The van der Waals surface area contributed by atoms with Crippen LogP contribution in [0.5, 0.6) is 0 Å². The van der Waals surface area contributed by atoms with Gasteiger partial charge in [-0.3, -0.25) is 0 Å². The number of piperazine rings is 1. The summed E-state index contributed by atoms with van der Waals surface area (Å²) in [5.41, 5.74) is 1.96. The Morgan fingerprint density at radius 1 is 1.00 bits per heavy atom. The van der Waals surface area contributed by atoms with Gasteiger partial charge in [0.1, 0.15) is 23.0 Å². The monoisotopic (exact) mass is 412 g/mol. The largest absolute Gasteiger partial charge is 0.355 e. The number of nitrogens with zero attached hydrogens (tertiary/aromatic N) is 4. The normalized spacial score (nSPS) is 18.9. The number of hydrogen-bond donors (Lipinski definition) is 2. The van der Waals surface area contributed by atoms with Crippen molar-refractivity contribution >= 4 is 16.9 Å². The quantitative estimate of drug-likeness (QED) is 0.690. The van der Waals surface area contributed by atoms with E-state index in [-0.39, 0.29) is 0 Å². The summed E-state index contributed by atoms with van der Waals surface area (Å²) in [6.45, 7) is 7.50. The van der Waals surface area contributed by atoms with Crippen molar-refractivity contribution in [1.82, 2.24) is 25.2 Å². The fraction of sp³-hybridized carbons (Fsp3) is 0.455. The maximum absolute atomic E-state index is 13.6. The van der Waals surface area contributed by atoms with Gasteiger partial charge in [-0.25, -0.2) is 18.7 Å². The summed E-state index contributed by atoms with van der Waals surface area (Å²) in [5.74, 6) is 0.771. The fourth-order valence-corrected chi connectivity index (χ4v) is 4.57. The van der Waals surface area contributed by atoms with Gasteiger partial charge in [-0.15, -0.1) is 0 Å². The Balaban J connectivity index is 1.33. The minimum Gasteiger partial charge on any atom is -0.355 e. The van der Waals surface area contributed by atoms with E-state index in [0.29, 0.717) is 17.3 Å². The Bertz CT molecular complexity index is 1000. The zero-order valence-corrected chi connectivity index (χ0v) is 16.9. The Morgan fingerprint density at radius 2 is 1.73 bits per heavy atom. The molecule has 3 aromatic rings. The predicted octanol–water partition coefficient (Wildman–Crippen LogP) is 3.02. The van der Waals surface area contributed by atoms with Crippen molar-refractivity contribution in [3.05, 3.63) is 42.1 Å². The number of aromatic amines is 1. The molecule has 2 aliphatic heterocycles. The number of aromatic nitrogens is 3. The number of rotatable bonds is 4. The van der Waals surface area contributed by atoms with Gasteiger partial charge in [-0.1, -0.05) is 0 Å². The number of fused-ring (bicyclic) bond motifs is 1. The molecule has 0 amide bonds. The smallest absolute Gasteiger partial charge is 0.156 e. The van der Waals surface area contributed by atoms with Crippen molar-refractivity contribution < 1.29 is 8.78 Å². The topological polar surface area (TPSA) is 60.1 Å². The van der Waals surface area contributed by atoms with Gasteiger partial charge in [-0.2, -0.15) is 0 Å². The van der Waals surface area contributed by atoms with Gasteiger partial charge in [-0.05, 0) is 37.0 Å². The van der Waals surface area contributed by atoms with Crippen LogP contribution in [0.4, 0.5) is 14.6 Å². The second-order valence-electron chi connectivity index (χ2n) is 8.26. The van der Waals surface area contributed by atoms with E-state index in [0.717, 1.165) is 75.0 Å². The average molecular weight is 412 g/mol. The lowest BCUT2D eigenvalue weighted by molar-refractivity contribution is 0.190. The molecule has 4 heterocycles. The minimum absolute atomic E-state index is 0.393. The first-order valence-corrected chi connectivity index (χ1v) is 10.6. The van der Waals surface area contributed by atoms with E-state index >= 15 is 0 Å². The zero-order chi connectivity index (χ0) is 20.5. The summed E-state index contributed by atoms with van der Waals surface area (Å²) in [6, 6.07) is 5.29. The van der Waals surface area contributed by atoms with Gasteiger partial charge in [0.2, 0.25) is 0 Å². The molecule has 5 rings (SSSR count). The number of halogens is 2. The highest BCUT2D eigenvalue weighted by Gasteiger charge is 2.24. The van der Waals surface area contributed by atoms with Crippen molar-refractivity contribution in [1.29, 1.82) is 0 Å². The maximum atomic E-state index is 13.6. The SMILES string of the molecule is Fc1cc(F)cc(-c2nc3c(N4CCC(CN5CCNCC5)CC4)nccc3[nH]2)c1. The summed E-state index contributed by atoms with van der Waals surface area (Å²) >= 11 is 0. The molecular formula is C22H26F2N6. The fourth-order valence-electron chi connectivity index (χ4n) is 4.57. The third kappa shape index (κ3) is 4.02. The lowest BCUT2D eigenvalue weighted by atomic mass is 9.96.